The highest BCUT2D eigenvalue weighted by molar-refractivity contribution is 5.99. The lowest BCUT2D eigenvalue weighted by Crippen LogP contribution is -2.45. The highest BCUT2D eigenvalue weighted by Gasteiger charge is 2.16. The van der Waals surface area contributed by atoms with E-state index in [1.807, 2.05) is 0 Å². The molecule has 144 valence electrons. The van der Waals surface area contributed by atoms with E-state index in [0.29, 0.717) is 24.1 Å². The predicted molar refractivity (Wildman–Crippen MR) is 97.7 cm³/mol. The van der Waals surface area contributed by atoms with Crippen molar-refractivity contribution in [2.24, 2.45) is 5.73 Å². The van der Waals surface area contributed by atoms with Crippen molar-refractivity contribution in [3.05, 3.63) is 35.4 Å². The van der Waals surface area contributed by atoms with E-state index in [0.717, 1.165) is 0 Å². The van der Waals surface area contributed by atoms with Crippen molar-refractivity contribution < 1.29 is 24.2 Å². The van der Waals surface area contributed by atoms with Gasteiger partial charge >= 0.3 is 5.97 Å². The van der Waals surface area contributed by atoms with Crippen molar-refractivity contribution in [1.82, 2.24) is 10.6 Å². The van der Waals surface area contributed by atoms with Crippen molar-refractivity contribution in [2.45, 2.75) is 19.4 Å². The molecule has 0 heterocycles. The van der Waals surface area contributed by atoms with Crippen LogP contribution in [0.4, 0.5) is 0 Å². The number of benzene rings is 1. The maximum Gasteiger partial charge on any atom is 0.329 e. The third-order valence-electron chi connectivity index (χ3n) is 3.19. The van der Waals surface area contributed by atoms with E-state index in [2.05, 4.69) is 10.6 Å². The van der Waals surface area contributed by atoms with Gasteiger partial charge in [-0.25, -0.2) is 4.79 Å². The van der Waals surface area contributed by atoms with E-state index in [1.165, 1.54) is 12.1 Å². The zero-order chi connectivity index (χ0) is 18.8. The standard InChI is InChI=1S/C16H22N4O5.ClH/c1-10(15(23)19-7-2-8-25-9-13(21)22)20-16(24)12-5-3-11(4-6-12)14(17)18;/h3-6,10H,2,7-9H2,1H3,(H3,17,18)(H,19,23)(H,20,24)(H,21,22);1H/t10-;/m0./s1. The molecule has 2 amide bonds. The zero-order valence-corrected chi connectivity index (χ0v) is 15.1. The number of carbonyl (C=O) groups excluding carboxylic acids is 2. The van der Waals surface area contributed by atoms with E-state index in [-0.39, 0.29) is 37.4 Å². The van der Waals surface area contributed by atoms with Crippen LogP contribution in [0.3, 0.4) is 0 Å². The van der Waals surface area contributed by atoms with E-state index in [4.69, 9.17) is 21.0 Å². The molecule has 0 aromatic heterocycles. The first-order valence-electron chi connectivity index (χ1n) is 7.64. The summed E-state index contributed by atoms with van der Waals surface area (Å²) in [6.45, 7) is 1.71. The van der Waals surface area contributed by atoms with Crippen LogP contribution >= 0.6 is 12.4 Å². The van der Waals surface area contributed by atoms with Crippen LogP contribution in [0.1, 0.15) is 29.3 Å². The van der Waals surface area contributed by atoms with Gasteiger partial charge in [0.1, 0.15) is 18.5 Å². The van der Waals surface area contributed by atoms with E-state index in [9.17, 15) is 14.4 Å². The van der Waals surface area contributed by atoms with Crippen LogP contribution < -0.4 is 16.4 Å². The number of amidine groups is 1. The monoisotopic (exact) mass is 386 g/mol. The van der Waals surface area contributed by atoms with Crippen LogP contribution in [0, 0.1) is 5.41 Å². The largest absolute Gasteiger partial charge is 0.480 e. The third kappa shape index (κ3) is 8.45. The molecular formula is C16H23ClN4O5. The van der Waals surface area contributed by atoms with Gasteiger partial charge in [-0.15, -0.1) is 12.4 Å². The number of nitrogens with two attached hydrogens (primary N) is 1. The Hall–Kier alpha value is -2.65. The van der Waals surface area contributed by atoms with E-state index < -0.39 is 17.9 Å². The predicted octanol–water partition coefficient (Wildman–Crippen LogP) is 0.118. The Kier molecular flexibility index (Phi) is 10.6. The topological polar surface area (TPSA) is 155 Å². The molecule has 1 rings (SSSR count). The second-order valence-electron chi connectivity index (χ2n) is 5.28. The maximum atomic E-state index is 12.1. The lowest BCUT2D eigenvalue weighted by Gasteiger charge is -2.14. The van der Waals surface area contributed by atoms with Gasteiger partial charge in [-0.05, 0) is 25.5 Å². The molecule has 0 aliphatic heterocycles. The number of hydrogen-bond donors (Lipinski definition) is 5. The summed E-state index contributed by atoms with van der Waals surface area (Å²) in [4.78, 5) is 34.2. The third-order valence-corrected chi connectivity index (χ3v) is 3.19. The number of aliphatic carboxylic acids is 1. The first-order chi connectivity index (χ1) is 11.8. The molecule has 0 saturated heterocycles. The second-order valence-corrected chi connectivity index (χ2v) is 5.28. The number of nitrogens with one attached hydrogen (secondary N) is 3. The molecule has 1 atom stereocenters. The smallest absolute Gasteiger partial charge is 0.329 e. The number of carboxylic acid groups (broad SMARTS) is 1. The summed E-state index contributed by atoms with van der Waals surface area (Å²) in [6.07, 6.45) is 0.464. The SMILES string of the molecule is C[C@H](NC(=O)c1ccc(C(=N)N)cc1)C(=O)NCCCOCC(=O)O.Cl. The van der Waals surface area contributed by atoms with Gasteiger partial charge in [0.2, 0.25) is 5.91 Å². The number of halogens is 1. The Labute approximate surface area is 157 Å². The summed E-state index contributed by atoms with van der Waals surface area (Å²) < 4.78 is 4.84. The number of rotatable bonds is 10. The average Bonchev–Trinajstić information content (AvgIpc) is 2.57. The number of hydrogen-bond acceptors (Lipinski definition) is 5. The van der Waals surface area contributed by atoms with Crippen molar-refractivity contribution in [2.75, 3.05) is 19.8 Å². The van der Waals surface area contributed by atoms with Crippen molar-refractivity contribution in [3.8, 4) is 0 Å². The van der Waals surface area contributed by atoms with Crippen LogP contribution in [-0.2, 0) is 14.3 Å². The second kappa shape index (κ2) is 11.8. The highest BCUT2D eigenvalue weighted by atomic mass is 35.5. The quantitative estimate of drug-likeness (QED) is 0.218. The molecule has 0 bridgehead atoms. The number of ether oxygens (including phenoxy) is 1. The molecule has 0 radical (unpaired) electrons. The molecular weight excluding hydrogens is 364 g/mol. The maximum absolute atomic E-state index is 12.1. The van der Waals surface area contributed by atoms with Gasteiger partial charge < -0.3 is 26.2 Å². The van der Waals surface area contributed by atoms with Gasteiger partial charge in [-0.3, -0.25) is 15.0 Å². The first-order valence-corrected chi connectivity index (χ1v) is 7.64. The molecule has 9 nitrogen and oxygen atoms in total. The normalized spacial score (nSPS) is 11.0. The fraction of sp³-hybridized carbons (Fsp3) is 0.375. The summed E-state index contributed by atoms with van der Waals surface area (Å²) in [5, 5.41) is 20.9. The molecule has 1 aromatic rings. The van der Waals surface area contributed by atoms with Gasteiger partial charge in [0.25, 0.3) is 5.91 Å². The molecule has 0 aliphatic rings. The summed E-state index contributed by atoms with van der Waals surface area (Å²) in [7, 11) is 0. The molecule has 6 N–H and O–H groups in total. The van der Waals surface area contributed by atoms with E-state index >= 15 is 0 Å². The lowest BCUT2D eigenvalue weighted by molar-refractivity contribution is -0.142. The van der Waals surface area contributed by atoms with Crippen LogP contribution in [-0.4, -0.2) is 54.5 Å². The summed E-state index contributed by atoms with van der Waals surface area (Å²) in [5.74, 6) is -1.90. The number of carbonyl (C=O) groups is 3. The fourth-order valence-electron chi connectivity index (χ4n) is 1.85. The van der Waals surface area contributed by atoms with Gasteiger partial charge in [0.05, 0.1) is 0 Å². The van der Waals surface area contributed by atoms with Crippen molar-refractivity contribution >= 4 is 36.0 Å². The van der Waals surface area contributed by atoms with Gasteiger partial charge in [0.15, 0.2) is 0 Å². The van der Waals surface area contributed by atoms with Crippen LogP contribution in [0.5, 0.6) is 0 Å². The first kappa shape index (κ1) is 23.4. The minimum Gasteiger partial charge on any atom is -0.480 e. The molecule has 0 fully saturated rings. The molecule has 26 heavy (non-hydrogen) atoms. The number of amides is 2. The average molecular weight is 387 g/mol. The molecule has 0 spiro atoms. The summed E-state index contributed by atoms with van der Waals surface area (Å²) in [5.41, 5.74) is 6.20. The molecule has 10 heteroatoms. The van der Waals surface area contributed by atoms with Crippen LogP contribution in [0.2, 0.25) is 0 Å². The van der Waals surface area contributed by atoms with E-state index in [1.54, 1.807) is 19.1 Å². The Morgan fingerprint density at radius 2 is 1.81 bits per heavy atom. The minimum atomic E-state index is -1.04. The van der Waals surface area contributed by atoms with Gasteiger partial charge in [-0.2, -0.15) is 0 Å². The summed E-state index contributed by atoms with van der Waals surface area (Å²) >= 11 is 0. The molecule has 1 aromatic carbocycles. The highest BCUT2D eigenvalue weighted by Crippen LogP contribution is 2.04. The summed E-state index contributed by atoms with van der Waals surface area (Å²) in [6, 6.07) is 5.42. The van der Waals surface area contributed by atoms with Crippen molar-refractivity contribution in [3.63, 3.8) is 0 Å². The number of nitrogen functional groups attached to an aromatic ring is 1. The van der Waals surface area contributed by atoms with Gasteiger partial charge in [0, 0.05) is 24.3 Å². The van der Waals surface area contributed by atoms with Crippen LogP contribution in [0.15, 0.2) is 24.3 Å². The fourth-order valence-corrected chi connectivity index (χ4v) is 1.85. The molecule has 0 unspecified atom stereocenters. The number of carboxylic acids is 1. The Bertz CT molecular complexity index is 636. The molecule has 0 aliphatic carbocycles. The lowest BCUT2D eigenvalue weighted by atomic mass is 10.1. The van der Waals surface area contributed by atoms with Crippen LogP contribution in [0.25, 0.3) is 0 Å². The Morgan fingerprint density at radius 1 is 1.23 bits per heavy atom. The molecule has 0 saturated carbocycles. The van der Waals surface area contributed by atoms with Crippen molar-refractivity contribution in [1.29, 1.82) is 5.41 Å². The Morgan fingerprint density at radius 3 is 2.35 bits per heavy atom. The zero-order valence-electron chi connectivity index (χ0n) is 14.3. The minimum absolute atomic E-state index is 0. The van der Waals surface area contributed by atoms with Gasteiger partial charge in [-0.1, -0.05) is 12.1 Å². The Balaban J connectivity index is 0.00000625.